The van der Waals surface area contributed by atoms with E-state index in [0.717, 1.165) is 14.9 Å². The van der Waals surface area contributed by atoms with Crippen LogP contribution < -0.4 is 10.6 Å². The van der Waals surface area contributed by atoms with Crippen molar-refractivity contribution in [2.24, 2.45) is 0 Å². The topological polar surface area (TPSA) is 41.1 Å². The molecule has 0 saturated carbocycles. The molecule has 20 heavy (non-hydrogen) atoms. The van der Waals surface area contributed by atoms with Crippen molar-refractivity contribution in [1.29, 1.82) is 0 Å². The van der Waals surface area contributed by atoms with Crippen LogP contribution in [0.25, 0.3) is 0 Å². The van der Waals surface area contributed by atoms with Crippen LogP contribution in [0.15, 0.2) is 30.3 Å². The third kappa shape index (κ3) is 3.45. The number of amides is 1. The van der Waals surface area contributed by atoms with Gasteiger partial charge in [-0.3, -0.25) is 4.79 Å². The van der Waals surface area contributed by atoms with Gasteiger partial charge in [0.25, 0.3) is 5.91 Å². The van der Waals surface area contributed by atoms with Crippen LogP contribution in [0.2, 0.25) is 9.36 Å². The van der Waals surface area contributed by atoms with Crippen molar-refractivity contribution in [2.75, 3.05) is 12.4 Å². The molecule has 2 aromatic rings. The number of benzene rings is 1. The Hall–Kier alpha value is -1.23. The molecule has 0 bridgehead atoms. The zero-order chi connectivity index (χ0) is 14.7. The first-order chi connectivity index (χ1) is 9.51. The first-order valence-corrected chi connectivity index (χ1v) is 7.62. The van der Waals surface area contributed by atoms with Gasteiger partial charge in [-0.15, -0.1) is 11.3 Å². The van der Waals surface area contributed by atoms with Crippen LogP contribution in [0.1, 0.15) is 28.2 Å². The number of nitrogens with one attached hydrogen (secondary N) is 2. The minimum Gasteiger partial charge on any atom is -0.376 e. The Kier molecular flexibility index (Phi) is 4.91. The quantitative estimate of drug-likeness (QED) is 0.861. The summed E-state index contributed by atoms with van der Waals surface area (Å²) in [5, 5.41) is 6.47. The molecule has 0 aliphatic rings. The maximum atomic E-state index is 11.6. The molecular weight excluding hydrogens is 315 g/mol. The number of rotatable bonds is 4. The smallest absolute Gasteiger partial charge is 0.251 e. The number of hydrogen-bond donors (Lipinski definition) is 2. The summed E-state index contributed by atoms with van der Waals surface area (Å²) in [6, 6.07) is 9.04. The Labute approximate surface area is 131 Å². The molecule has 0 spiro atoms. The second-order valence-corrected chi connectivity index (χ2v) is 6.44. The summed E-state index contributed by atoms with van der Waals surface area (Å²) in [7, 11) is 1.60. The molecule has 1 amide bonds. The number of carbonyl (C=O) groups is 1. The van der Waals surface area contributed by atoms with Crippen molar-refractivity contribution < 1.29 is 4.79 Å². The lowest BCUT2D eigenvalue weighted by atomic mass is 10.1. The second-order valence-electron chi connectivity index (χ2n) is 4.28. The zero-order valence-electron chi connectivity index (χ0n) is 11.0. The Morgan fingerprint density at radius 1 is 1.25 bits per heavy atom. The fourth-order valence-corrected chi connectivity index (χ4v) is 3.02. The van der Waals surface area contributed by atoms with Crippen molar-refractivity contribution in [3.63, 3.8) is 0 Å². The summed E-state index contributed by atoms with van der Waals surface area (Å²) in [4.78, 5) is 12.7. The maximum absolute atomic E-state index is 11.6. The average Bonchev–Trinajstić information content (AvgIpc) is 2.87. The van der Waals surface area contributed by atoms with Gasteiger partial charge in [-0.05, 0) is 37.3 Å². The van der Waals surface area contributed by atoms with E-state index in [2.05, 4.69) is 10.6 Å². The van der Waals surface area contributed by atoms with E-state index in [9.17, 15) is 4.79 Å². The van der Waals surface area contributed by atoms with E-state index in [-0.39, 0.29) is 11.9 Å². The summed E-state index contributed by atoms with van der Waals surface area (Å²) in [5.74, 6) is -0.142. The Balaban J connectivity index is 2.22. The maximum Gasteiger partial charge on any atom is 0.251 e. The summed E-state index contributed by atoms with van der Waals surface area (Å²) in [6.45, 7) is 2.02. The fraction of sp³-hybridized carbons (Fsp3) is 0.214. The number of hydrogen-bond acceptors (Lipinski definition) is 3. The number of anilines is 1. The first-order valence-electron chi connectivity index (χ1n) is 6.04. The highest BCUT2D eigenvalue weighted by Crippen LogP contribution is 2.31. The van der Waals surface area contributed by atoms with E-state index in [1.165, 1.54) is 11.3 Å². The summed E-state index contributed by atoms with van der Waals surface area (Å²) in [6.07, 6.45) is 0. The van der Waals surface area contributed by atoms with Gasteiger partial charge in [0.1, 0.15) is 0 Å². The van der Waals surface area contributed by atoms with Crippen molar-refractivity contribution >= 4 is 46.1 Å². The van der Waals surface area contributed by atoms with Crippen molar-refractivity contribution in [3.05, 3.63) is 50.1 Å². The lowest BCUT2D eigenvalue weighted by Gasteiger charge is -2.15. The van der Waals surface area contributed by atoms with E-state index in [1.54, 1.807) is 25.2 Å². The predicted molar refractivity (Wildman–Crippen MR) is 86.2 cm³/mol. The highest BCUT2D eigenvalue weighted by molar-refractivity contribution is 7.16. The summed E-state index contributed by atoms with van der Waals surface area (Å²) < 4.78 is 0.749. The largest absolute Gasteiger partial charge is 0.376 e. The normalized spacial score (nSPS) is 12.0. The van der Waals surface area contributed by atoms with Crippen molar-refractivity contribution in [1.82, 2.24) is 5.32 Å². The SMILES string of the molecule is CNC(=O)c1ccc(Cl)c(NC(C)c2ccc(Cl)s2)c1. The predicted octanol–water partition coefficient (Wildman–Crippen LogP) is 4.59. The molecule has 0 fully saturated rings. The number of halogens is 2. The highest BCUT2D eigenvalue weighted by Gasteiger charge is 2.12. The van der Waals surface area contributed by atoms with E-state index in [0.29, 0.717) is 10.6 Å². The van der Waals surface area contributed by atoms with Crippen LogP contribution in [-0.2, 0) is 0 Å². The third-order valence-corrected chi connectivity index (χ3v) is 4.59. The van der Waals surface area contributed by atoms with Gasteiger partial charge in [0, 0.05) is 17.5 Å². The molecule has 0 aliphatic heterocycles. The van der Waals surface area contributed by atoms with Gasteiger partial charge in [-0.2, -0.15) is 0 Å². The minimum absolute atomic E-state index is 0.0601. The average molecular weight is 329 g/mol. The molecule has 106 valence electrons. The zero-order valence-corrected chi connectivity index (χ0v) is 13.4. The van der Waals surface area contributed by atoms with Crippen molar-refractivity contribution in [3.8, 4) is 0 Å². The van der Waals surface area contributed by atoms with Crippen LogP contribution in [0, 0.1) is 0 Å². The minimum atomic E-state index is -0.142. The monoisotopic (exact) mass is 328 g/mol. The van der Waals surface area contributed by atoms with Crippen LogP contribution in [0.3, 0.4) is 0 Å². The second kappa shape index (κ2) is 6.48. The highest BCUT2D eigenvalue weighted by atomic mass is 35.5. The molecule has 3 nitrogen and oxygen atoms in total. The summed E-state index contributed by atoms with van der Waals surface area (Å²) >= 11 is 13.6. The molecule has 1 heterocycles. The van der Waals surface area contributed by atoms with Gasteiger partial charge in [0.2, 0.25) is 0 Å². The third-order valence-electron chi connectivity index (χ3n) is 2.85. The molecule has 2 N–H and O–H groups in total. The lowest BCUT2D eigenvalue weighted by Crippen LogP contribution is -2.18. The Morgan fingerprint density at radius 2 is 2.00 bits per heavy atom. The molecule has 0 saturated heterocycles. The Morgan fingerprint density at radius 3 is 2.60 bits per heavy atom. The molecule has 1 atom stereocenters. The Bertz CT molecular complexity index is 627. The lowest BCUT2D eigenvalue weighted by molar-refractivity contribution is 0.0963. The van der Waals surface area contributed by atoms with Gasteiger partial charge < -0.3 is 10.6 Å². The molecule has 1 aromatic heterocycles. The van der Waals surface area contributed by atoms with E-state index in [1.807, 2.05) is 19.1 Å². The van der Waals surface area contributed by atoms with E-state index >= 15 is 0 Å². The van der Waals surface area contributed by atoms with Crippen LogP contribution >= 0.6 is 34.5 Å². The molecule has 1 unspecified atom stereocenters. The standard InChI is InChI=1S/C14H14Cl2N2OS/c1-8(12-5-6-13(16)20-12)18-11-7-9(14(19)17-2)3-4-10(11)15/h3-8,18H,1-2H3,(H,17,19). The van der Waals surface area contributed by atoms with Crippen molar-refractivity contribution in [2.45, 2.75) is 13.0 Å². The molecule has 1 aromatic carbocycles. The van der Waals surface area contributed by atoms with Crippen LogP contribution in [0.5, 0.6) is 0 Å². The number of carbonyl (C=O) groups excluding carboxylic acids is 1. The van der Waals surface area contributed by atoms with Gasteiger partial charge in [0.05, 0.1) is 21.1 Å². The van der Waals surface area contributed by atoms with E-state index < -0.39 is 0 Å². The van der Waals surface area contributed by atoms with Gasteiger partial charge >= 0.3 is 0 Å². The summed E-state index contributed by atoms with van der Waals surface area (Å²) in [5.41, 5.74) is 1.29. The number of thiophene rings is 1. The van der Waals surface area contributed by atoms with Crippen LogP contribution in [-0.4, -0.2) is 13.0 Å². The fourth-order valence-electron chi connectivity index (χ4n) is 1.79. The molecule has 6 heteroatoms. The first kappa shape index (κ1) is 15.2. The molecule has 0 radical (unpaired) electrons. The van der Waals surface area contributed by atoms with Gasteiger partial charge in [-0.1, -0.05) is 23.2 Å². The molecule has 2 rings (SSSR count). The molecular formula is C14H14Cl2N2OS. The van der Waals surface area contributed by atoms with Gasteiger partial charge in [-0.25, -0.2) is 0 Å². The van der Waals surface area contributed by atoms with E-state index in [4.69, 9.17) is 23.2 Å². The molecule has 0 aliphatic carbocycles. The van der Waals surface area contributed by atoms with Gasteiger partial charge in [0.15, 0.2) is 0 Å². The van der Waals surface area contributed by atoms with Crippen LogP contribution in [0.4, 0.5) is 5.69 Å².